The molecule has 0 atom stereocenters. The highest BCUT2D eigenvalue weighted by Crippen LogP contribution is 2.31. The predicted octanol–water partition coefficient (Wildman–Crippen LogP) is 3.01. The quantitative estimate of drug-likeness (QED) is 0.615. The van der Waals surface area contributed by atoms with Gasteiger partial charge in [-0.1, -0.05) is 13.0 Å². The molecular formula is C14H19N3. The summed E-state index contributed by atoms with van der Waals surface area (Å²) in [6.07, 6.45) is 0.932. The monoisotopic (exact) mass is 229 g/mol. The Morgan fingerprint density at radius 2 is 1.94 bits per heavy atom. The number of hydrazine groups is 1. The summed E-state index contributed by atoms with van der Waals surface area (Å²) in [5, 5.41) is 1.14. The lowest BCUT2D eigenvalue weighted by Gasteiger charge is -2.15. The van der Waals surface area contributed by atoms with Crippen LogP contribution in [-0.4, -0.2) is 4.98 Å². The van der Waals surface area contributed by atoms with Crippen LogP contribution in [0.1, 0.15) is 29.3 Å². The number of fused-ring (bicyclic) bond motifs is 1. The molecule has 0 saturated carbocycles. The zero-order valence-electron chi connectivity index (χ0n) is 10.9. The third kappa shape index (κ3) is 1.87. The zero-order chi connectivity index (χ0) is 12.6. The molecule has 90 valence electrons. The Hall–Kier alpha value is -1.61. The smallest absolute Gasteiger partial charge is 0.0731 e. The van der Waals surface area contributed by atoms with E-state index in [1.165, 1.54) is 16.7 Å². The van der Waals surface area contributed by atoms with Gasteiger partial charge in [0.25, 0.3) is 0 Å². The molecule has 0 amide bonds. The Labute approximate surface area is 102 Å². The summed E-state index contributed by atoms with van der Waals surface area (Å²) < 4.78 is 0. The Bertz CT molecular complexity index is 573. The first kappa shape index (κ1) is 11.9. The Balaban J connectivity index is 2.94. The topological polar surface area (TPSA) is 50.9 Å². The largest absolute Gasteiger partial charge is 0.323 e. The van der Waals surface area contributed by atoms with Crippen LogP contribution in [-0.2, 0) is 6.42 Å². The van der Waals surface area contributed by atoms with Gasteiger partial charge in [-0.2, -0.15) is 0 Å². The molecule has 1 aromatic carbocycles. The lowest BCUT2D eigenvalue weighted by molar-refractivity contribution is 1.06. The van der Waals surface area contributed by atoms with Crippen LogP contribution in [0.25, 0.3) is 10.9 Å². The summed E-state index contributed by atoms with van der Waals surface area (Å²) in [6, 6.07) is 4.27. The van der Waals surface area contributed by atoms with Crippen molar-refractivity contribution in [2.45, 2.75) is 34.1 Å². The first-order valence-corrected chi connectivity index (χ1v) is 5.95. The molecule has 0 unspecified atom stereocenters. The van der Waals surface area contributed by atoms with E-state index in [9.17, 15) is 0 Å². The van der Waals surface area contributed by atoms with E-state index in [1.807, 2.05) is 6.92 Å². The summed E-state index contributed by atoms with van der Waals surface area (Å²) in [5.41, 5.74) is 9.59. The van der Waals surface area contributed by atoms with E-state index in [1.54, 1.807) is 0 Å². The number of aromatic nitrogens is 1. The van der Waals surface area contributed by atoms with Crippen molar-refractivity contribution >= 4 is 16.6 Å². The molecular weight excluding hydrogens is 210 g/mol. The molecule has 0 aliphatic rings. The number of anilines is 1. The number of rotatable bonds is 2. The van der Waals surface area contributed by atoms with Gasteiger partial charge in [-0.05, 0) is 49.9 Å². The number of aryl methyl sites for hydroxylation is 3. The zero-order valence-corrected chi connectivity index (χ0v) is 10.9. The molecule has 0 radical (unpaired) electrons. The van der Waals surface area contributed by atoms with E-state index in [2.05, 4.69) is 43.3 Å². The van der Waals surface area contributed by atoms with Crippen molar-refractivity contribution in [1.29, 1.82) is 0 Å². The van der Waals surface area contributed by atoms with Gasteiger partial charge in [0.2, 0.25) is 0 Å². The summed E-state index contributed by atoms with van der Waals surface area (Å²) in [7, 11) is 0. The van der Waals surface area contributed by atoms with Gasteiger partial charge >= 0.3 is 0 Å². The molecule has 0 bridgehead atoms. The van der Waals surface area contributed by atoms with Crippen molar-refractivity contribution < 1.29 is 0 Å². The van der Waals surface area contributed by atoms with E-state index in [0.29, 0.717) is 0 Å². The molecule has 3 N–H and O–H groups in total. The van der Waals surface area contributed by atoms with Gasteiger partial charge in [-0.3, -0.25) is 10.8 Å². The van der Waals surface area contributed by atoms with E-state index >= 15 is 0 Å². The highest BCUT2D eigenvalue weighted by molar-refractivity contribution is 5.96. The Morgan fingerprint density at radius 3 is 2.53 bits per heavy atom. The maximum Gasteiger partial charge on any atom is 0.0731 e. The van der Waals surface area contributed by atoms with Crippen LogP contribution in [0.15, 0.2) is 12.1 Å². The van der Waals surface area contributed by atoms with Gasteiger partial charge in [0, 0.05) is 11.1 Å². The van der Waals surface area contributed by atoms with Crippen molar-refractivity contribution in [2.75, 3.05) is 5.43 Å². The molecule has 0 aliphatic heterocycles. The minimum absolute atomic E-state index is 0.932. The van der Waals surface area contributed by atoms with Crippen LogP contribution < -0.4 is 11.3 Å². The van der Waals surface area contributed by atoms with Crippen molar-refractivity contribution in [1.82, 2.24) is 4.98 Å². The van der Waals surface area contributed by atoms with Crippen LogP contribution >= 0.6 is 0 Å². The number of nitrogens with zero attached hydrogens (tertiary/aromatic N) is 1. The van der Waals surface area contributed by atoms with Crippen molar-refractivity contribution in [3.63, 3.8) is 0 Å². The lowest BCUT2D eigenvalue weighted by atomic mass is 9.99. The molecule has 1 aromatic heterocycles. The Morgan fingerprint density at radius 1 is 1.24 bits per heavy atom. The molecule has 17 heavy (non-hydrogen) atoms. The molecule has 2 aromatic rings. The minimum Gasteiger partial charge on any atom is -0.323 e. The number of nitrogens with two attached hydrogens (primary N) is 1. The van der Waals surface area contributed by atoms with Crippen LogP contribution in [0.2, 0.25) is 0 Å². The van der Waals surface area contributed by atoms with Crippen LogP contribution in [0, 0.1) is 20.8 Å². The summed E-state index contributed by atoms with van der Waals surface area (Å²) in [5.74, 6) is 5.69. The van der Waals surface area contributed by atoms with Gasteiger partial charge in [0.15, 0.2) is 0 Å². The predicted molar refractivity (Wildman–Crippen MR) is 73.1 cm³/mol. The van der Waals surface area contributed by atoms with Gasteiger partial charge in [0.1, 0.15) is 0 Å². The maximum absolute atomic E-state index is 5.69. The molecule has 0 saturated heterocycles. The first-order valence-electron chi connectivity index (χ1n) is 5.95. The second-order valence-corrected chi connectivity index (χ2v) is 4.52. The summed E-state index contributed by atoms with van der Waals surface area (Å²) in [4.78, 5) is 4.68. The van der Waals surface area contributed by atoms with Gasteiger partial charge in [0.05, 0.1) is 11.2 Å². The van der Waals surface area contributed by atoms with Crippen molar-refractivity contribution in [2.24, 2.45) is 5.84 Å². The van der Waals surface area contributed by atoms with Gasteiger partial charge < -0.3 is 5.43 Å². The van der Waals surface area contributed by atoms with E-state index in [-0.39, 0.29) is 0 Å². The normalized spacial score (nSPS) is 10.9. The van der Waals surface area contributed by atoms with E-state index in [0.717, 1.165) is 28.7 Å². The fraction of sp³-hybridized carbons (Fsp3) is 0.357. The maximum atomic E-state index is 5.69. The molecule has 1 heterocycles. The fourth-order valence-electron chi connectivity index (χ4n) is 2.53. The lowest BCUT2D eigenvalue weighted by Crippen LogP contribution is -2.12. The standard InChI is InChI=1S/C14H19N3/c1-5-11-10(4)16-12-7-8(2)6-9(3)13(12)14(11)17-15/h6-7H,5,15H2,1-4H3,(H,16,17). The Kier molecular flexibility index (Phi) is 3.03. The molecule has 0 fully saturated rings. The van der Waals surface area contributed by atoms with Crippen molar-refractivity contribution in [3.05, 3.63) is 34.5 Å². The number of benzene rings is 1. The summed E-state index contributed by atoms with van der Waals surface area (Å²) >= 11 is 0. The number of hydrogen-bond acceptors (Lipinski definition) is 3. The number of nitrogens with one attached hydrogen (secondary N) is 1. The van der Waals surface area contributed by atoms with Crippen LogP contribution in [0.3, 0.4) is 0 Å². The molecule has 0 spiro atoms. The minimum atomic E-state index is 0.932. The van der Waals surface area contributed by atoms with Crippen LogP contribution in [0.4, 0.5) is 5.69 Å². The number of pyridine rings is 1. The molecule has 3 heteroatoms. The molecule has 3 nitrogen and oxygen atoms in total. The van der Waals surface area contributed by atoms with Crippen molar-refractivity contribution in [3.8, 4) is 0 Å². The number of nitrogen functional groups attached to an aromatic ring is 1. The van der Waals surface area contributed by atoms with E-state index < -0.39 is 0 Å². The SMILES string of the molecule is CCc1c(C)nc2cc(C)cc(C)c2c1NN. The number of hydrogen-bond donors (Lipinski definition) is 2. The first-order chi connectivity index (χ1) is 8.08. The van der Waals surface area contributed by atoms with Gasteiger partial charge in [-0.15, -0.1) is 0 Å². The average Bonchev–Trinajstić information content (AvgIpc) is 2.26. The third-order valence-corrected chi connectivity index (χ3v) is 3.23. The molecule has 0 aliphatic carbocycles. The highest BCUT2D eigenvalue weighted by Gasteiger charge is 2.12. The fourth-order valence-corrected chi connectivity index (χ4v) is 2.53. The molecule has 2 rings (SSSR count). The second kappa shape index (κ2) is 4.34. The van der Waals surface area contributed by atoms with E-state index in [4.69, 9.17) is 5.84 Å². The third-order valence-electron chi connectivity index (χ3n) is 3.23. The second-order valence-electron chi connectivity index (χ2n) is 4.52. The van der Waals surface area contributed by atoms with Crippen LogP contribution in [0.5, 0.6) is 0 Å². The van der Waals surface area contributed by atoms with Gasteiger partial charge in [-0.25, -0.2) is 0 Å². The summed E-state index contributed by atoms with van der Waals surface area (Å²) in [6.45, 7) is 8.36. The average molecular weight is 229 g/mol. The highest BCUT2D eigenvalue weighted by atomic mass is 15.2.